The molecule has 0 unspecified atom stereocenters. The van der Waals surface area contributed by atoms with Crippen LogP contribution in [-0.2, 0) is 28.6 Å². The van der Waals surface area contributed by atoms with Crippen LogP contribution in [0.5, 0.6) is 0 Å². The first-order valence-corrected chi connectivity index (χ1v) is 9.18. The fourth-order valence-corrected chi connectivity index (χ4v) is 3.51. The number of carbonyl (C=O) groups excluding carboxylic acids is 1. The number of aryl methyl sites for hydroxylation is 1. The molecule has 4 N–H and O–H groups in total. The molecular weight excluding hydrogens is 356 g/mol. The molecule has 0 aliphatic rings. The summed E-state index contributed by atoms with van der Waals surface area (Å²) in [7, 11) is -2.02. The maximum absolute atomic E-state index is 11.7. The zero-order valence-electron chi connectivity index (χ0n) is 14.2. The Kier molecular flexibility index (Phi) is 4.62. The van der Waals surface area contributed by atoms with Crippen molar-refractivity contribution in [3.05, 3.63) is 42.4 Å². The smallest absolute Gasteiger partial charge is 0.301 e. The number of anilines is 1. The maximum atomic E-state index is 11.7. The van der Waals surface area contributed by atoms with Crippen LogP contribution >= 0.6 is 0 Å². The Balaban J connectivity index is 1.93. The Morgan fingerprint density at radius 3 is 2.81 bits per heavy atom. The van der Waals surface area contributed by atoms with Crippen molar-refractivity contribution in [3.63, 3.8) is 0 Å². The van der Waals surface area contributed by atoms with Gasteiger partial charge in [-0.2, -0.15) is 13.1 Å². The standard InChI is InChI=1S/C16H18N6O3S/c1-10(23)21-26(24,25)20-7-11-4-3-5-12(6-11)13-8-22(2)16-14(13)15(17)18-9-19-16/h3-6,8-9,20H,7H2,1-2H3,(H,21,23)(H2,17,18,19). The summed E-state index contributed by atoms with van der Waals surface area (Å²) in [5.74, 6) is -0.278. The Labute approximate surface area is 150 Å². The number of nitrogens with zero attached hydrogens (tertiary/aromatic N) is 3. The largest absolute Gasteiger partial charge is 0.383 e. The topological polar surface area (TPSA) is 132 Å². The van der Waals surface area contributed by atoms with Gasteiger partial charge in [-0.3, -0.25) is 4.79 Å². The lowest BCUT2D eigenvalue weighted by atomic mass is 10.0. The van der Waals surface area contributed by atoms with Gasteiger partial charge in [0.2, 0.25) is 5.91 Å². The van der Waals surface area contributed by atoms with E-state index in [0.717, 1.165) is 29.0 Å². The van der Waals surface area contributed by atoms with Gasteiger partial charge in [0, 0.05) is 32.3 Å². The zero-order valence-corrected chi connectivity index (χ0v) is 15.0. The van der Waals surface area contributed by atoms with Gasteiger partial charge < -0.3 is 10.3 Å². The van der Waals surface area contributed by atoms with Crippen LogP contribution in [0, 0.1) is 0 Å². The normalized spacial score (nSPS) is 11.6. The second-order valence-corrected chi connectivity index (χ2v) is 7.29. The molecule has 0 fully saturated rings. The zero-order chi connectivity index (χ0) is 18.9. The van der Waals surface area contributed by atoms with E-state index in [1.54, 1.807) is 6.07 Å². The van der Waals surface area contributed by atoms with Gasteiger partial charge in [0.15, 0.2) is 0 Å². The molecule has 0 bridgehead atoms. The number of rotatable bonds is 5. The third-order valence-electron chi connectivity index (χ3n) is 3.77. The van der Waals surface area contributed by atoms with Crippen molar-refractivity contribution in [1.29, 1.82) is 0 Å². The number of benzene rings is 1. The predicted octanol–water partition coefficient (Wildman–Crippen LogP) is 0.688. The highest BCUT2D eigenvalue weighted by Gasteiger charge is 2.14. The van der Waals surface area contributed by atoms with E-state index in [1.165, 1.54) is 6.33 Å². The second kappa shape index (κ2) is 6.73. The summed E-state index contributed by atoms with van der Waals surface area (Å²) in [6, 6.07) is 7.34. The second-order valence-electron chi connectivity index (χ2n) is 5.79. The van der Waals surface area contributed by atoms with Gasteiger partial charge in [0.05, 0.1) is 5.39 Å². The molecule has 2 aromatic heterocycles. The molecule has 0 aliphatic carbocycles. The highest BCUT2D eigenvalue weighted by Crippen LogP contribution is 2.32. The van der Waals surface area contributed by atoms with Gasteiger partial charge in [-0.1, -0.05) is 18.2 Å². The summed E-state index contributed by atoms with van der Waals surface area (Å²) in [6.07, 6.45) is 3.31. The molecule has 0 saturated carbocycles. The lowest BCUT2D eigenvalue weighted by Gasteiger charge is -2.08. The van der Waals surface area contributed by atoms with E-state index in [-0.39, 0.29) is 6.54 Å². The third-order valence-corrected chi connectivity index (χ3v) is 4.85. The number of hydrogen-bond donors (Lipinski definition) is 3. The lowest BCUT2D eigenvalue weighted by molar-refractivity contribution is -0.117. The van der Waals surface area contributed by atoms with E-state index in [2.05, 4.69) is 14.7 Å². The SMILES string of the molecule is CC(=O)NS(=O)(=O)NCc1cccc(-c2cn(C)c3ncnc(N)c23)c1. The van der Waals surface area contributed by atoms with E-state index in [1.807, 2.05) is 40.7 Å². The van der Waals surface area contributed by atoms with Crippen LogP contribution in [-0.4, -0.2) is 28.9 Å². The van der Waals surface area contributed by atoms with E-state index >= 15 is 0 Å². The Morgan fingerprint density at radius 2 is 2.08 bits per heavy atom. The predicted molar refractivity (Wildman–Crippen MR) is 97.9 cm³/mol. The van der Waals surface area contributed by atoms with E-state index in [4.69, 9.17) is 5.73 Å². The monoisotopic (exact) mass is 374 g/mol. The van der Waals surface area contributed by atoms with E-state index < -0.39 is 16.1 Å². The summed E-state index contributed by atoms with van der Waals surface area (Å²) < 4.78 is 29.5. The molecule has 10 heteroatoms. The number of hydrogen-bond acceptors (Lipinski definition) is 6. The quantitative estimate of drug-likeness (QED) is 0.602. The molecule has 9 nitrogen and oxygen atoms in total. The molecule has 26 heavy (non-hydrogen) atoms. The van der Waals surface area contributed by atoms with Crippen molar-refractivity contribution < 1.29 is 13.2 Å². The minimum Gasteiger partial charge on any atom is -0.383 e. The number of nitrogens with two attached hydrogens (primary N) is 1. The van der Waals surface area contributed by atoms with Crippen LogP contribution in [0.1, 0.15) is 12.5 Å². The van der Waals surface area contributed by atoms with Crippen molar-refractivity contribution in [2.45, 2.75) is 13.5 Å². The fourth-order valence-electron chi connectivity index (χ4n) is 2.71. The minimum absolute atomic E-state index is 0.0349. The Hall–Kier alpha value is -2.98. The molecular formula is C16H18N6O3S. The Morgan fingerprint density at radius 1 is 1.31 bits per heavy atom. The highest BCUT2D eigenvalue weighted by atomic mass is 32.2. The third kappa shape index (κ3) is 3.65. The van der Waals surface area contributed by atoms with Gasteiger partial charge in [-0.05, 0) is 17.2 Å². The van der Waals surface area contributed by atoms with Crippen molar-refractivity contribution in [3.8, 4) is 11.1 Å². The lowest BCUT2D eigenvalue weighted by Crippen LogP contribution is -2.38. The van der Waals surface area contributed by atoms with Crippen LogP contribution in [0.25, 0.3) is 22.2 Å². The first-order chi connectivity index (χ1) is 12.3. The van der Waals surface area contributed by atoms with Crippen LogP contribution in [0.3, 0.4) is 0 Å². The van der Waals surface area contributed by atoms with Crippen LogP contribution in [0.15, 0.2) is 36.8 Å². The van der Waals surface area contributed by atoms with Gasteiger partial charge in [0.1, 0.15) is 17.8 Å². The van der Waals surface area contributed by atoms with Crippen molar-refractivity contribution >= 4 is 33.0 Å². The van der Waals surface area contributed by atoms with Gasteiger partial charge in [-0.15, -0.1) is 0 Å². The Bertz CT molecular complexity index is 1090. The highest BCUT2D eigenvalue weighted by molar-refractivity contribution is 7.88. The summed E-state index contributed by atoms with van der Waals surface area (Å²) in [4.78, 5) is 19.2. The molecule has 2 heterocycles. The number of nitrogens with one attached hydrogen (secondary N) is 2. The van der Waals surface area contributed by atoms with Crippen LogP contribution in [0.4, 0.5) is 5.82 Å². The molecule has 136 valence electrons. The number of carbonyl (C=O) groups is 1. The van der Waals surface area contributed by atoms with Crippen LogP contribution in [0.2, 0.25) is 0 Å². The summed E-state index contributed by atoms with van der Waals surface area (Å²) in [5, 5.41) is 0.742. The maximum Gasteiger partial charge on any atom is 0.301 e. The van der Waals surface area contributed by atoms with E-state index in [0.29, 0.717) is 11.5 Å². The van der Waals surface area contributed by atoms with Crippen LogP contribution < -0.4 is 15.2 Å². The number of aromatic nitrogens is 3. The number of fused-ring (bicyclic) bond motifs is 1. The van der Waals surface area contributed by atoms with Gasteiger partial charge in [-0.25, -0.2) is 14.7 Å². The van der Waals surface area contributed by atoms with Crippen molar-refractivity contribution in [2.75, 3.05) is 5.73 Å². The summed E-state index contributed by atoms with van der Waals surface area (Å²) >= 11 is 0. The summed E-state index contributed by atoms with van der Waals surface area (Å²) in [6.45, 7) is 1.17. The molecule has 0 atom stereocenters. The minimum atomic E-state index is -3.89. The van der Waals surface area contributed by atoms with Gasteiger partial charge >= 0.3 is 10.2 Å². The molecule has 1 aromatic carbocycles. The van der Waals surface area contributed by atoms with Crippen molar-refractivity contribution in [1.82, 2.24) is 24.0 Å². The average molecular weight is 374 g/mol. The molecule has 0 aliphatic heterocycles. The first-order valence-electron chi connectivity index (χ1n) is 7.69. The van der Waals surface area contributed by atoms with E-state index in [9.17, 15) is 13.2 Å². The van der Waals surface area contributed by atoms with Gasteiger partial charge in [0.25, 0.3) is 0 Å². The molecule has 0 saturated heterocycles. The number of amides is 1. The molecule has 3 aromatic rings. The molecule has 3 rings (SSSR count). The molecule has 0 radical (unpaired) electrons. The fraction of sp³-hybridized carbons (Fsp3) is 0.188. The number of nitrogen functional groups attached to an aromatic ring is 1. The molecule has 1 amide bonds. The van der Waals surface area contributed by atoms with Crippen molar-refractivity contribution in [2.24, 2.45) is 7.05 Å². The summed E-state index contributed by atoms with van der Waals surface area (Å²) in [5.41, 5.74) is 9.16. The molecule has 0 spiro atoms. The first kappa shape index (κ1) is 17.8. The average Bonchev–Trinajstić information content (AvgIpc) is 2.91.